The SMILES string of the molecule is COC(=O)N[C@H](C(=O)N1CCC[C@H]1c1ncc(-c2ccc(-c3ccc(-c4cnc([C@@H]5CCCN5C(=O)[C@H](NC(=O)OC)c5ccccc5)[nH]4)cc3)c(N(C)c3ccccc3)c2)[nH]1)C(C)C.Cl.Cl.Cl. The maximum absolute atomic E-state index is 14.0. The molecule has 360 valence electrons. The summed E-state index contributed by atoms with van der Waals surface area (Å²) in [5.41, 5.74) is 8.24. The van der Waals surface area contributed by atoms with Crippen molar-refractivity contribution in [3.8, 4) is 33.6 Å². The molecule has 68 heavy (non-hydrogen) atoms. The molecule has 4 heterocycles. The number of benzene rings is 4. The zero-order valence-electron chi connectivity index (χ0n) is 38.5. The zero-order chi connectivity index (χ0) is 45.6. The van der Waals surface area contributed by atoms with Crippen molar-refractivity contribution in [1.82, 2.24) is 40.4 Å². The van der Waals surface area contributed by atoms with Crippen LogP contribution in [0, 0.1) is 5.92 Å². The van der Waals surface area contributed by atoms with Gasteiger partial charge in [0, 0.05) is 42.6 Å². The van der Waals surface area contributed by atoms with E-state index in [2.05, 4.69) is 87.1 Å². The minimum atomic E-state index is -0.898. The number of hydrogen-bond donors (Lipinski definition) is 4. The molecule has 2 fully saturated rings. The van der Waals surface area contributed by atoms with Crippen molar-refractivity contribution < 1.29 is 28.7 Å². The van der Waals surface area contributed by atoms with Crippen molar-refractivity contribution in [3.63, 3.8) is 0 Å². The lowest BCUT2D eigenvalue weighted by Gasteiger charge is -2.30. The van der Waals surface area contributed by atoms with Gasteiger partial charge in [0.1, 0.15) is 23.7 Å². The molecule has 4 atom stereocenters. The van der Waals surface area contributed by atoms with Gasteiger partial charge in [0.15, 0.2) is 0 Å². The lowest BCUT2D eigenvalue weighted by atomic mass is 9.98. The predicted octanol–water partition coefficient (Wildman–Crippen LogP) is 9.97. The summed E-state index contributed by atoms with van der Waals surface area (Å²) in [5.74, 6) is 0.878. The molecular weight excluding hydrogens is 929 g/mol. The van der Waals surface area contributed by atoms with Gasteiger partial charge < -0.3 is 44.8 Å². The van der Waals surface area contributed by atoms with Gasteiger partial charge in [-0.2, -0.15) is 0 Å². The number of likely N-dealkylation sites (tertiary alicyclic amines) is 2. The number of aromatic nitrogens is 4. The predicted molar refractivity (Wildman–Crippen MR) is 270 cm³/mol. The number of carbonyl (C=O) groups is 4. The molecule has 2 aliphatic heterocycles. The molecule has 15 nitrogen and oxygen atoms in total. The molecule has 4 amide bonds. The minimum Gasteiger partial charge on any atom is -0.453 e. The summed E-state index contributed by atoms with van der Waals surface area (Å²) in [5, 5.41) is 5.44. The fraction of sp³-hybridized carbons (Fsp3) is 0.320. The molecule has 0 bridgehead atoms. The first-order chi connectivity index (χ1) is 31.5. The van der Waals surface area contributed by atoms with E-state index in [1.807, 2.05) is 73.5 Å². The highest BCUT2D eigenvalue weighted by Crippen LogP contribution is 2.40. The van der Waals surface area contributed by atoms with E-state index in [0.29, 0.717) is 30.3 Å². The summed E-state index contributed by atoms with van der Waals surface area (Å²) in [6.07, 6.45) is 5.42. The summed E-state index contributed by atoms with van der Waals surface area (Å²) >= 11 is 0. The Hall–Kier alpha value is -6.55. The molecule has 18 heteroatoms. The minimum absolute atomic E-state index is 0. The van der Waals surface area contributed by atoms with E-state index in [0.717, 1.165) is 70.7 Å². The van der Waals surface area contributed by atoms with Gasteiger partial charge in [-0.15, -0.1) is 37.2 Å². The van der Waals surface area contributed by atoms with Crippen molar-refractivity contribution >= 4 is 72.6 Å². The van der Waals surface area contributed by atoms with E-state index in [1.54, 1.807) is 11.1 Å². The number of anilines is 2. The Balaban J connectivity index is 0.00000288. The molecule has 8 rings (SSSR count). The number of amides is 4. The van der Waals surface area contributed by atoms with Gasteiger partial charge in [-0.1, -0.05) is 98.8 Å². The number of alkyl carbamates (subject to hydrolysis) is 2. The average molecular weight is 987 g/mol. The highest BCUT2D eigenvalue weighted by Gasteiger charge is 2.39. The second-order valence-corrected chi connectivity index (χ2v) is 16.8. The van der Waals surface area contributed by atoms with E-state index >= 15 is 0 Å². The number of imidazole rings is 2. The van der Waals surface area contributed by atoms with Crippen LogP contribution in [0.5, 0.6) is 0 Å². The number of aromatic amines is 2. The Morgan fingerprint density at radius 2 is 1.16 bits per heavy atom. The molecule has 2 aromatic heterocycles. The molecule has 2 aliphatic rings. The lowest BCUT2D eigenvalue weighted by molar-refractivity contribution is -0.135. The van der Waals surface area contributed by atoms with Crippen molar-refractivity contribution in [2.75, 3.05) is 39.3 Å². The van der Waals surface area contributed by atoms with E-state index in [-0.39, 0.29) is 67.0 Å². The third-order valence-electron chi connectivity index (χ3n) is 12.4. The van der Waals surface area contributed by atoms with Gasteiger partial charge in [-0.25, -0.2) is 19.6 Å². The van der Waals surface area contributed by atoms with Gasteiger partial charge in [-0.05, 0) is 66.5 Å². The normalized spacial score (nSPS) is 16.1. The van der Waals surface area contributed by atoms with Crippen LogP contribution >= 0.6 is 37.2 Å². The molecule has 0 saturated carbocycles. The van der Waals surface area contributed by atoms with Crippen molar-refractivity contribution in [2.45, 2.75) is 63.7 Å². The van der Waals surface area contributed by atoms with Crippen LogP contribution in [-0.4, -0.2) is 94.1 Å². The van der Waals surface area contributed by atoms with Crippen LogP contribution in [0.15, 0.2) is 116 Å². The molecule has 2 saturated heterocycles. The summed E-state index contributed by atoms with van der Waals surface area (Å²) in [6, 6.07) is 31.9. The van der Waals surface area contributed by atoms with E-state index in [9.17, 15) is 19.2 Å². The van der Waals surface area contributed by atoms with Crippen molar-refractivity contribution in [2.24, 2.45) is 5.92 Å². The zero-order valence-corrected chi connectivity index (χ0v) is 41.0. The molecule has 0 unspecified atom stereocenters. The standard InChI is InChI=1S/C50H55N9O6.3ClH/c1-31(2)43(55-49(62)64-4)47(60)58-26-12-18-40(58)46-52-30-39(54-46)35-24-25-37(42(28-35)57(3)36-16-10-7-11-17-36)32-20-22-33(23-21-32)38-29-51-45(53-38)41-19-13-27-59(41)48(61)44(56-50(63)65-5)34-14-8-6-9-15-34;;;/h6-11,14-17,20-25,28-31,40-41,43-44H,12-13,18-19,26-27H2,1-5H3,(H,51,53)(H,52,54)(H,55,62)(H,56,63);3*1H/t40-,41-,43-,44+;;;/m0.../s1. The second-order valence-electron chi connectivity index (χ2n) is 16.8. The highest BCUT2D eigenvalue weighted by atomic mass is 35.5. The number of rotatable bonds is 13. The topological polar surface area (TPSA) is 178 Å². The van der Waals surface area contributed by atoms with E-state index < -0.39 is 24.3 Å². The molecule has 0 aliphatic carbocycles. The molecule has 0 spiro atoms. The number of nitrogens with zero attached hydrogens (tertiary/aromatic N) is 5. The van der Waals surface area contributed by atoms with Crippen LogP contribution in [0.25, 0.3) is 33.6 Å². The van der Waals surface area contributed by atoms with E-state index in [1.165, 1.54) is 14.2 Å². The molecule has 0 radical (unpaired) electrons. The summed E-state index contributed by atoms with van der Waals surface area (Å²) in [6.45, 7) is 4.91. The third kappa shape index (κ3) is 11.2. The van der Waals surface area contributed by atoms with Crippen LogP contribution in [-0.2, 0) is 19.1 Å². The highest BCUT2D eigenvalue weighted by molar-refractivity contribution is 5.89. The quantitative estimate of drug-likeness (QED) is 0.0877. The number of carbonyl (C=O) groups excluding carboxylic acids is 4. The van der Waals surface area contributed by atoms with Crippen LogP contribution < -0.4 is 15.5 Å². The Kier molecular flexibility index (Phi) is 18.1. The second kappa shape index (κ2) is 23.5. The number of nitrogens with one attached hydrogen (secondary N) is 4. The number of para-hydroxylation sites is 1. The first kappa shape index (κ1) is 52.4. The summed E-state index contributed by atoms with van der Waals surface area (Å²) in [7, 11) is 4.62. The third-order valence-corrected chi connectivity index (χ3v) is 12.4. The van der Waals surface area contributed by atoms with Gasteiger partial charge in [0.2, 0.25) is 5.91 Å². The van der Waals surface area contributed by atoms with Crippen LogP contribution in [0.1, 0.15) is 74.9 Å². The van der Waals surface area contributed by atoms with Crippen molar-refractivity contribution in [3.05, 3.63) is 133 Å². The van der Waals surface area contributed by atoms with Crippen molar-refractivity contribution in [1.29, 1.82) is 0 Å². The largest absolute Gasteiger partial charge is 0.453 e. The number of halogens is 3. The molecule has 6 aromatic rings. The van der Waals surface area contributed by atoms with Gasteiger partial charge in [0.05, 0.1) is 50.1 Å². The first-order valence-electron chi connectivity index (χ1n) is 22.0. The van der Waals surface area contributed by atoms with Crippen LogP contribution in [0.4, 0.5) is 21.0 Å². The van der Waals surface area contributed by atoms with Gasteiger partial charge >= 0.3 is 12.2 Å². The summed E-state index contributed by atoms with van der Waals surface area (Å²) < 4.78 is 9.66. The smallest absolute Gasteiger partial charge is 0.407 e. The Morgan fingerprint density at radius 1 is 0.662 bits per heavy atom. The number of methoxy groups -OCH3 is 2. The number of H-pyrrole nitrogens is 2. The maximum Gasteiger partial charge on any atom is 0.407 e. The average Bonchev–Trinajstić information content (AvgIpc) is 4.20. The summed E-state index contributed by atoms with van der Waals surface area (Å²) in [4.78, 5) is 74.6. The Labute approximate surface area is 415 Å². The van der Waals surface area contributed by atoms with Gasteiger partial charge in [0.25, 0.3) is 5.91 Å². The fourth-order valence-electron chi connectivity index (χ4n) is 8.93. The molecular formula is C50H58Cl3N9O6. The first-order valence-corrected chi connectivity index (χ1v) is 22.0. The molecule has 4 N–H and O–H groups in total. The Bertz CT molecular complexity index is 2630. The van der Waals surface area contributed by atoms with Gasteiger partial charge in [-0.3, -0.25) is 9.59 Å². The number of ether oxygens (including phenoxy) is 2. The molecule has 4 aromatic carbocycles. The fourth-order valence-corrected chi connectivity index (χ4v) is 8.93. The number of hydrogen-bond acceptors (Lipinski definition) is 9. The van der Waals surface area contributed by atoms with Crippen LogP contribution in [0.2, 0.25) is 0 Å². The van der Waals surface area contributed by atoms with E-state index in [4.69, 9.17) is 19.4 Å². The maximum atomic E-state index is 14.0. The van der Waals surface area contributed by atoms with Crippen LogP contribution in [0.3, 0.4) is 0 Å². The Morgan fingerprint density at radius 3 is 1.72 bits per heavy atom. The lowest BCUT2D eigenvalue weighted by Crippen LogP contribution is -2.51. The monoisotopic (exact) mass is 985 g/mol.